The number of esters is 1. The average Bonchev–Trinajstić information content (AvgIpc) is 2.78. The first-order valence-corrected chi connectivity index (χ1v) is 11.5. The van der Waals surface area contributed by atoms with Gasteiger partial charge in [0.25, 0.3) is 0 Å². The third-order valence-corrected chi connectivity index (χ3v) is 6.80. The molecule has 1 fully saturated rings. The molecule has 0 saturated heterocycles. The largest absolute Gasteiger partial charge is 0.468 e. The molecule has 164 valence electrons. The van der Waals surface area contributed by atoms with Gasteiger partial charge in [0, 0.05) is 17.0 Å². The Morgan fingerprint density at radius 2 is 1.94 bits per heavy atom. The summed E-state index contributed by atoms with van der Waals surface area (Å²) in [6.07, 6.45) is 5.35. The van der Waals surface area contributed by atoms with Crippen LogP contribution < -0.4 is 10.6 Å². The van der Waals surface area contributed by atoms with Crippen LogP contribution in [0.1, 0.15) is 43.6 Å². The van der Waals surface area contributed by atoms with E-state index in [0.29, 0.717) is 10.6 Å². The maximum atomic E-state index is 12.8. The smallest absolute Gasteiger partial charge is 0.319 e. The van der Waals surface area contributed by atoms with Gasteiger partial charge in [-0.1, -0.05) is 54.8 Å². The number of nitrogens with one attached hydrogen (secondary N) is 2. The summed E-state index contributed by atoms with van der Waals surface area (Å²) in [5.41, 5.74) is 0.809. The fraction of sp³-hybridized carbons (Fsp3) is 0.455. The quantitative estimate of drug-likeness (QED) is 0.497. The molecule has 31 heavy (non-hydrogen) atoms. The molecule has 1 aliphatic heterocycles. The van der Waals surface area contributed by atoms with Gasteiger partial charge in [-0.3, -0.25) is 14.4 Å². The van der Waals surface area contributed by atoms with Crippen LogP contribution in [0.15, 0.2) is 34.9 Å². The SMILES string of the molecule is COC(=O)[C@H]1C(=O)NC(SCC(=O)NC2CCCCC2)=C(C#N)[C@@H]1c1ccc(Cl)cc1. The normalized spacial score (nSPS) is 21.8. The number of halogens is 1. The predicted molar refractivity (Wildman–Crippen MR) is 118 cm³/mol. The van der Waals surface area contributed by atoms with Crippen LogP contribution in [0.5, 0.6) is 0 Å². The maximum Gasteiger partial charge on any atom is 0.319 e. The van der Waals surface area contributed by atoms with Crippen molar-refractivity contribution in [3.63, 3.8) is 0 Å². The summed E-state index contributed by atoms with van der Waals surface area (Å²) in [7, 11) is 1.20. The number of methoxy groups -OCH3 is 1. The van der Waals surface area contributed by atoms with Gasteiger partial charge >= 0.3 is 5.97 Å². The number of amides is 2. The van der Waals surface area contributed by atoms with Crippen LogP contribution >= 0.6 is 23.4 Å². The van der Waals surface area contributed by atoms with E-state index in [4.69, 9.17) is 16.3 Å². The Hall–Kier alpha value is -2.50. The van der Waals surface area contributed by atoms with Gasteiger partial charge in [-0.15, -0.1) is 0 Å². The van der Waals surface area contributed by atoms with E-state index in [1.54, 1.807) is 24.3 Å². The first kappa shape index (κ1) is 23.2. The average molecular weight is 462 g/mol. The Balaban J connectivity index is 1.84. The topological polar surface area (TPSA) is 108 Å². The van der Waals surface area contributed by atoms with Gasteiger partial charge in [-0.2, -0.15) is 5.26 Å². The fourth-order valence-electron chi connectivity index (χ4n) is 4.00. The Bertz CT molecular complexity index is 920. The molecule has 0 aromatic heterocycles. The molecule has 1 aromatic rings. The van der Waals surface area contributed by atoms with Gasteiger partial charge in [0.15, 0.2) is 0 Å². The van der Waals surface area contributed by atoms with Crippen molar-refractivity contribution in [2.45, 2.75) is 44.1 Å². The van der Waals surface area contributed by atoms with Crippen molar-refractivity contribution in [2.24, 2.45) is 5.92 Å². The van der Waals surface area contributed by atoms with Crippen molar-refractivity contribution in [2.75, 3.05) is 12.9 Å². The second-order valence-electron chi connectivity index (χ2n) is 7.57. The van der Waals surface area contributed by atoms with Crippen LogP contribution in [0, 0.1) is 17.2 Å². The molecule has 0 radical (unpaired) electrons. The second kappa shape index (κ2) is 10.7. The van der Waals surface area contributed by atoms with E-state index in [1.807, 2.05) is 0 Å². The minimum absolute atomic E-state index is 0.0630. The monoisotopic (exact) mass is 461 g/mol. The highest BCUT2D eigenvalue weighted by Gasteiger charge is 2.44. The van der Waals surface area contributed by atoms with Gasteiger partial charge < -0.3 is 15.4 Å². The first-order chi connectivity index (χ1) is 14.9. The zero-order valence-electron chi connectivity index (χ0n) is 17.2. The summed E-state index contributed by atoms with van der Waals surface area (Å²) in [6.45, 7) is 0. The predicted octanol–water partition coefficient (Wildman–Crippen LogP) is 3.26. The zero-order valence-corrected chi connectivity index (χ0v) is 18.7. The maximum absolute atomic E-state index is 12.8. The van der Waals surface area contributed by atoms with Crippen molar-refractivity contribution in [1.29, 1.82) is 5.26 Å². The number of hydrogen-bond donors (Lipinski definition) is 2. The standard InChI is InChI=1S/C22H24ClN3O4S/c1-30-22(29)19-18(13-7-9-14(23)10-8-13)16(11-24)21(26-20(19)28)31-12-17(27)25-15-5-3-2-4-6-15/h7-10,15,18-19H,2-6,12H2,1H3,(H,25,27)(H,26,28)/t18-,19+/m0/s1. The highest BCUT2D eigenvalue weighted by atomic mass is 35.5. The van der Waals surface area contributed by atoms with Crippen LogP contribution in [0.2, 0.25) is 5.02 Å². The van der Waals surface area contributed by atoms with Gasteiger partial charge in [-0.05, 0) is 30.5 Å². The Morgan fingerprint density at radius 1 is 1.26 bits per heavy atom. The van der Waals surface area contributed by atoms with Gasteiger partial charge in [0.1, 0.15) is 5.92 Å². The summed E-state index contributed by atoms with van der Waals surface area (Å²) in [6, 6.07) is 8.93. The van der Waals surface area contributed by atoms with Gasteiger partial charge in [0.2, 0.25) is 11.8 Å². The summed E-state index contributed by atoms with van der Waals surface area (Å²) in [5.74, 6) is -3.42. The number of allylic oxidation sites excluding steroid dienone is 1. The number of hydrogen-bond acceptors (Lipinski definition) is 6. The minimum Gasteiger partial charge on any atom is -0.468 e. The lowest BCUT2D eigenvalue weighted by Crippen LogP contribution is -2.44. The van der Waals surface area contributed by atoms with E-state index < -0.39 is 23.7 Å². The van der Waals surface area contributed by atoms with E-state index in [1.165, 1.54) is 13.5 Å². The molecule has 0 bridgehead atoms. The van der Waals surface area contributed by atoms with Crippen molar-refractivity contribution in [3.8, 4) is 6.07 Å². The minimum atomic E-state index is -1.21. The molecule has 0 unspecified atom stereocenters. The molecule has 1 aliphatic carbocycles. The molecular formula is C22H24ClN3O4S. The van der Waals surface area contributed by atoms with E-state index >= 15 is 0 Å². The highest BCUT2D eigenvalue weighted by molar-refractivity contribution is 8.03. The van der Waals surface area contributed by atoms with Crippen molar-refractivity contribution in [3.05, 3.63) is 45.5 Å². The molecule has 0 spiro atoms. The van der Waals surface area contributed by atoms with Crippen LogP contribution in [-0.4, -0.2) is 36.7 Å². The molecule has 2 aliphatic rings. The molecule has 2 N–H and O–H groups in total. The van der Waals surface area contributed by atoms with E-state index in [-0.39, 0.29) is 28.3 Å². The van der Waals surface area contributed by atoms with E-state index in [0.717, 1.165) is 37.4 Å². The molecule has 3 rings (SSSR count). The lowest BCUT2D eigenvalue weighted by atomic mass is 9.78. The number of rotatable bonds is 6. The Kier molecular flexibility index (Phi) is 7.99. The Labute approximate surface area is 190 Å². The number of ether oxygens (including phenoxy) is 1. The number of benzene rings is 1. The van der Waals surface area contributed by atoms with Crippen LogP contribution in [-0.2, 0) is 19.1 Å². The molecule has 1 heterocycles. The number of thioether (sulfide) groups is 1. The molecule has 7 nitrogen and oxygen atoms in total. The fourth-order valence-corrected chi connectivity index (χ4v) is 4.99. The van der Waals surface area contributed by atoms with Crippen molar-refractivity contribution >= 4 is 41.1 Å². The molecular weight excluding hydrogens is 438 g/mol. The number of carbonyl (C=O) groups is 3. The summed E-state index contributed by atoms with van der Waals surface area (Å²) in [5, 5.41) is 16.3. The first-order valence-electron chi connectivity index (χ1n) is 10.1. The third-order valence-electron chi connectivity index (χ3n) is 5.53. The van der Waals surface area contributed by atoms with Gasteiger partial charge in [0.05, 0.1) is 29.5 Å². The number of carbonyl (C=O) groups excluding carboxylic acids is 3. The van der Waals surface area contributed by atoms with Crippen molar-refractivity contribution < 1.29 is 19.1 Å². The molecule has 1 saturated carbocycles. The molecule has 2 amide bonds. The van der Waals surface area contributed by atoms with E-state index in [2.05, 4.69) is 16.7 Å². The molecule has 2 atom stereocenters. The second-order valence-corrected chi connectivity index (χ2v) is 8.99. The van der Waals surface area contributed by atoms with Gasteiger partial charge in [-0.25, -0.2) is 0 Å². The molecule has 1 aromatic carbocycles. The summed E-state index contributed by atoms with van der Waals surface area (Å²) < 4.78 is 4.82. The lowest BCUT2D eigenvalue weighted by Gasteiger charge is -2.31. The zero-order chi connectivity index (χ0) is 22.4. The summed E-state index contributed by atoms with van der Waals surface area (Å²) in [4.78, 5) is 37.6. The van der Waals surface area contributed by atoms with E-state index in [9.17, 15) is 19.6 Å². The summed E-state index contributed by atoms with van der Waals surface area (Å²) >= 11 is 7.06. The Morgan fingerprint density at radius 3 is 2.55 bits per heavy atom. The number of nitriles is 1. The molecule has 9 heteroatoms. The van der Waals surface area contributed by atoms with Crippen LogP contribution in [0.3, 0.4) is 0 Å². The third kappa shape index (κ3) is 5.60. The van der Waals surface area contributed by atoms with Crippen molar-refractivity contribution in [1.82, 2.24) is 10.6 Å². The highest BCUT2D eigenvalue weighted by Crippen LogP contribution is 2.40. The number of nitrogens with zero attached hydrogens (tertiary/aromatic N) is 1. The van der Waals surface area contributed by atoms with Crippen LogP contribution in [0.25, 0.3) is 0 Å². The lowest BCUT2D eigenvalue weighted by molar-refractivity contribution is -0.150. The van der Waals surface area contributed by atoms with Crippen LogP contribution in [0.4, 0.5) is 0 Å².